The van der Waals surface area contributed by atoms with Crippen LogP contribution < -0.4 is 5.32 Å². The highest BCUT2D eigenvalue weighted by molar-refractivity contribution is 5.67. The number of piperidine rings is 1. The zero-order valence-electron chi connectivity index (χ0n) is 13.8. The van der Waals surface area contributed by atoms with Gasteiger partial charge in [-0.05, 0) is 24.3 Å². The van der Waals surface area contributed by atoms with Crippen molar-refractivity contribution in [1.82, 2.24) is 10.2 Å². The molecule has 1 N–H and O–H groups in total. The summed E-state index contributed by atoms with van der Waals surface area (Å²) < 4.78 is 4.91. The van der Waals surface area contributed by atoms with E-state index in [-0.39, 0.29) is 6.09 Å². The Hall–Kier alpha value is -1.55. The third-order valence-electron chi connectivity index (χ3n) is 4.37. The number of carbonyl (C=O) groups is 1. The topological polar surface area (TPSA) is 41.6 Å². The molecule has 22 heavy (non-hydrogen) atoms. The molecule has 0 aliphatic carbocycles. The fourth-order valence-electron chi connectivity index (χ4n) is 3.19. The first-order valence-corrected chi connectivity index (χ1v) is 8.33. The van der Waals surface area contributed by atoms with Crippen LogP contribution in [-0.2, 0) is 11.3 Å². The van der Waals surface area contributed by atoms with Crippen molar-refractivity contribution >= 4 is 6.09 Å². The van der Waals surface area contributed by atoms with Crippen LogP contribution in [0.2, 0.25) is 0 Å². The van der Waals surface area contributed by atoms with Crippen molar-refractivity contribution in [2.45, 2.75) is 45.2 Å². The van der Waals surface area contributed by atoms with Crippen molar-refractivity contribution < 1.29 is 9.53 Å². The molecule has 2 rings (SSSR count). The fraction of sp³-hybridized carbons (Fsp3) is 0.611. The van der Waals surface area contributed by atoms with Gasteiger partial charge in [-0.1, -0.05) is 50.1 Å². The number of nitrogens with zero attached hydrogens (tertiary/aromatic N) is 1. The van der Waals surface area contributed by atoms with E-state index in [0.717, 1.165) is 26.1 Å². The van der Waals surface area contributed by atoms with Crippen molar-refractivity contribution in [1.29, 1.82) is 0 Å². The normalized spacial score (nSPS) is 21.6. The molecule has 0 spiro atoms. The van der Waals surface area contributed by atoms with Crippen LogP contribution in [0.25, 0.3) is 0 Å². The van der Waals surface area contributed by atoms with Gasteiger partial charge in [0.15, 0.2) is 0 Å². The lowest BCUT2D eigenvalue weighted by Crippen LogP contribution is -2.51. The maximum Gasteiger partial charge on any atom is 0.409 e. The maximum absolute atomic E-state index is 11.9. The van der Waals surface area contributed by atoms with Crippen LogP contribution in [0.4, 0.5) is 4.79 Å². The minimum absolute atomic E-state index is 0.201. The molecule has 1 saturated heterocycles. The van der Waals surface area contributed by atoms with Gasteiger partial charge in [0.25, 0.3) is 0 Å². The Morgan fingerprint density at radius 2 is 2.09 bits per heavy atom. The number of rotatable bonds is 6. The lowest BCUT2D eigenvalue weighted by atomic mass is 9.90. The van der Waals surface area contributed by atoms with Crippen LogP contribution in [0.15, 0.2) is 30.3 Å². The number of methoxy groups -OCH3 is 1. The predicted molar refractivity (Wildman–Crippen MR) is 88.7 cm³/mol. The van der Waals surface area contributed by atoms with Gasteiger partial charge in [0.05, 0.1) is 7.11 Å². The Morgan fingerprint density at radius 3 is 2.77 bits per heavy atom. The highest BCUT2D eigenvalue weighted by Crippen LogP contribution is 2.23. The van der Waals surface area contributed by atoms with Gasteiger partial charge in [0.2, 0.25) is 0 Å². The summed E-state index contributed by atoms with van der Waals surface area (Å²) in [6.07, 6.45) is 4.56. The van der Waals surface area contributed by atoms with E-state index in [1.165, 1.54) is 31.9 Å². The van der Waals surface area contributed by atoms with Gasteiger partial charge in [-0.15, -0.1) is 0 Å². The van der Waals surface area contributed by atoms with Crippen molar-refractivity contribution in [3.8, 4) is 0 Å². The van der Waals surface area contributed by atoms with Gasteiger partial charge < -0.3 is 15.0 Å². The molecule has 4 nitrogen and oxygen atoms in total. The molecule has 1 heterocycles. The number of carbonyl (C=O) groups excluding carboxylic acids is 1. The highest BCUT2D eigenvalue weighted by atomic mass is 16.5. The first-order chi connectivity index (χ1) is 10.7. The van der Waals surface area contributed by atoms with Crippen LogP contribution in [0.3, 0.4) is 0 Å². The SMILES string of the molecule is CCCCC1CC(NCc2ccccc2)CN(C(=O)OC)C1. The molecule has 0 bridgehead atoms. The second-order valence-corrected chi connectivity index (χ2v) is 6.18. The molecule has 1 aromatic rings. The molecular weight excluding hydrogens is 276 g/mol. The van der Waals surface area contributed by atoms with E-state index in [1.807, 2.05) is 11.0 Å². The molecule has 2 atom stereocenters. The number of hydrogen-bond donors (Lipinski definition) is 1. The smallest absolute Gasteiger partial charge is 0.409 e. The van der Waals surface area contributed by atoms with Gasteiger partial charge in [-0.2, -0.15) is 0 Å². The minimum Gasteiger partial charge on any atom is -0.453 e. The number of likely N-dealkylation sites (tertiary alicyclic amines) is 1. The Kier molecular flexibility index (Phi) is 6.72. The standard InChI is InChI=1S/C18H28N2O2/c1-3-4-8-16-11-17(14-20(13-16)18(21)22-2)19-12-15-9-6-5-7-10-15/h5-7,9-10,16-17,19H,3-4,8,11-14H2,1-2H3. The maximum atomic E-state index is 11.9. The number of nitrogens with one attached hydrogen (secondary N) is 1. The lowest BCUT2D eigenvalue weighted by molar-refractivity contribution is 0.0884. The predicted octanol–water partition coefficient (Wildman–Crippen LogP) is 3.42. The summed E-state index contributed by atoms with van der Waals surface area (Å²) in [7, 11) is 1.46. The largest absolute Gasteiger partial charge is 0.453 e. The molecule has 122 valence electrons. The number of amides is 1. The van der Waals surface area contributed by atoms with E-state index in [0.29, 0.717) is 12.0 Å². The molecule has 2 unspecified atom stereocenters. The summed E-state index contributed by atoms with van der Waals surface area (Å²) in [6.45, 7) is 4.63. The number of ether oxygens (including phenoxy) is 1. The van der Waals surface area contributed by atoms with Crippen LogP contribution in [0.1, 0.15) is 38.2 Å². The Morgan fingerprint density at radius 1 is 1.32 bits per heavy atom. The quantitative estimate of drug-likeness (QED) is 0.875. The molecule has 1 fully saturated rings. The van der Waals surface area contributed by atoms with Gasteiger partial charge in [-0.3, -0.25) is 0 Å². The Labute approximate surface area is 133 Å². The number of benzene rings is 1. The molecule has 1 aliphatic heterocycles. The summed E-state index contributed by atoms with van der Waals surface area (Å²) >= 11 is 0. The van der Waals surface area contributed by atoms with Crippen LogP contribution >= 0.6 is 0 Å². The zero-order chi connectivity index (χ0) is 15.8. The third-order valence-corrected chi connectivity index (χ3v) is 4.37. The average molecular weight is 304 g/mol. The summed E-state index contributed by atoms with van der Waals surface area (Å²) in [5.74, 6) is 0.570. The first kappa shape index (κ1) is 16.8. The van der Waals surface area contributed by atoms with Gasteiger partial charge in [-0.25, -0.2) is 4.79 Å². The van der Waals surface area contributed by atoms with E-state index < -0.39 is 0 Å². The van der Waals surface area contributed by atoms with Crippen LogP contribution in [0, 0.1) is 5.92 Å². The summed E-state index contributed by atoms with van der Waals surface area (Å²) in [5.41, 5.74) is 1.28. The van der Waals surface area contributed by atoms with Crippen molar-refractivity contribution in [3.05, 3.63) is 35.9 Å². The molecule has 4 heteroatoms. The molecule has 0 aromatic heterocycles. The molecule has 1 aromatic carbocycles. The highest BCUT2D eigenvalue weighted by Gasteiger charge is 2.29. The molecular formula is C18H28N2O2. The summed E-state index contributed by atoms with van der Waals surface area (Å²) in [4.78, 5) is 13.7. The zero-order valence-corrected chi connectivity index (χ0v) is 13.8. The number of unbranched alkanes of at least 4 members (excludes halogenated alkanes) is 1. The average Bonchev–Trinajstić information content (AvgIpc) is 2.58. The van der Waals surface area contributed by atoms with Crippen molar-refractivity contribution in [2.75, 3.05) is 20.2 Å². The van der Waals surface area contributed by atoms with Gasteiger partial charge in [0.1, 0.15) is 0 Å². The van der Waals surface area contributed by atoms with E-state index in [4.69, 9.17) is 4.74 Å². The van der Waals surface area contributed by atoms with E-state index in [1.54, 1.807) is 0 Å². The molecule has 0 radical (unpaired) electrons. The first-order valence-electron chi connectivity index (χ1n) is 8.33. The van der Waals surface area contributed by atoms with Crippen LogP contribution in [0.5, 0.6) is 0 Å². The third kappa shape index (κ3) is 5.02. The molecule has 0 saturated carbocycles. The summed E-state index contributed by atoms with van der Waals surface area (Å²) in [6, 6.07) is 10.7. The Bertz CT molecular complexity index is 450. The van der Waals surface area contributed by atoms with Crippen molar-refractivity contribution in [3.63, 3.8) is 0 Å². The second-order valence-electron chi connectivity index (χ2n) is 6.18. The fourth-order valence-corrected chi connectivity index (χ4v) is 3.19. The number of hydrogen-bond acceptors (Lipinski definition) is 3. The van der Waals surface area contributed by atoms with E-state index in [9.17, 15) is 4.79 Å². The monoisotopic (exact) mass is 304 g/mol. The van der Waals surface area contributed by atoms with E-state index in [2.05, 4.69) is 36.5 Å². The van der Waals surface area contributed by atoms with Gasteiger partial charge >= 0.3 is 6.09 Å². The molecule has 1 amide bonds. The second kappa shape index (κ2) is 8.79. The lowest BCUT2D eigenvalue weighted by Gasteiger charge is -2.37. The van der Waals surface area contributed by atoms with Crippen LogP contribution in [-0.4, -0.2) is 37.2 Å². The summed E-state index contributed by atoms with van der Waals surface area (Å²) in [5, 5.41) is 3.60. The minimum atomic E-state index is -0.201. The van der Waals surface area contributed by atoms with Crippen molar-refractivity contribution in [2.24, 2.45) is 5.92 Å². The Balaban J connectivity index is 1.91. The molecule has 1 aliphatic rings. The van der Waals surface area contributed by atoms with E-state index >= 15 is 0 Å². The van der Waals surface area contributed by atoms with Gasteiger partial charge in [0, 0.05) is 25.7 Å².